The molecule has 0 radical (unpaired) electrons. The van der Waals surface area contributed by atoms with Crippen molar-refractivity contribution in [3.63, 3.8) is 0 Å². The van der Waals surface area contributed by atoms with E-state index in [4.69, 9.17) is 9.47 Å². The fourth-order valence-corrected chi connectivity index (χ4v) is 3.57. The number of carbonyl (C=O) groups is 1. The minimum Gasteiger partial charge on any atom is -0.468 e. The summed E-state index contributed by atoms with van der Waals surface area (Å²) in [7, 11) is 1.57. The van der Waals surface area contributed by atoms with Gasteiger partial charge in [0.1, 0.15) is 5.75 Å². The van der Waals surface area contributed by atoms with Crippen molar-refractivity contribution in [3.8, 4) is 17.0 Å². The molecular weight excluding hydrogens is 384 g/mol. The number of carbonyl (C=O) groups excluding carboxylic acids is 1. The van der Waals surface area contributed by atoms with Crippen LogP contribution in [0.4, 0.5) is 5.13 Å². The van der Waals surface area contributed by atoms with Gasteiger partial charge in [0.05, 0.1) is 5.69 Å². The molecule has 1 aromatic heterocycles. The Morgan fingerprint density at radius 1 is 1.10 bits per heavy atom. The van der Waals surface area contributed by atoms with E-state index in [1.165, 1.54) is 28.5 Å². The van der Waals surface area contributed by atoms with E-state index in [0.29, 0.717) is 10.9 Å². The molecule has 2 aromatic carbocycles. The third kappa shape index (κ3) is 5.53. The van der Waals surface area contributed by atoms with Crippen LogP contribution in [0.15, 0.2) is 48.5 Å². The van der Waals surface area contributed by atoms with Gasteiger partial charge in [0.2, 0.25) is 5.91 Å². The zero-order valence-corrected chi connectivity index (χ0v) is 17.8. The van der Waals surface area contributed by atoms with Crippen LogP contribution >= 0.6 is 11.3 Å². The van der Waals surface area contributed by atoms with E-state index in [9.17, 15) is 4.79 Å². The van der Waals surface area contributed by atoms with Crippen molar-refractivity contribution in [1.82, 2.24) is 4.98 Å². The molecule has 0 saturated heterocycles. The van der Waals surface area contributed by atoms with Gasteiger partial charge in [-0.3, -0.25) is 10.1 Å². The van der Waals surface area contributed by atoms with E-state index in [2.05, 4.69) is 42.3 Å². The molecule has 1 N–H and O–H groups in total. The van der Waals surface area contributed by atoms with Gasteiger partial charge in [-0.25, -0.2) is 4.98 Å². The standard InChI is InChI=1S/C23H24N2O3S/c1-15-5-9-19(13-16(15)2)22-17(3)29-23(25-22)24-21(26)12-8-18-6-10-20(11-7-18)28-14-27-4/h5-13H,14H2,1-4H3,(H,24,25,26)/b12-8+. The Bertz CT molecular complexity index is 1020. The molecule has 5 nitrogen and oxygen atoms in total. The maximum Gasteiger partial charge on any atom is 0.250 e. The number of anilines is 1. The van der Waals surface area contributed by atoms with E-state index in [1.807, 2.05) is 31.2 Å². The van der Waals surface area contributed by atoms with Crippen molar-refractivity contribution in [3.05, 3.63) is 70.1 Å². The molecule has 0 bridgehead atoms. The van der Waals surface area contributed by atoms with E-state index in [0.717, 1.165) is 21.7 Å². The second-order valence-corrected chi connectivity index (χ2v) is 7.87. The molecule has 3 rings (SSSR count). The topological polar surface area (TPSA) is 60.5 Å². The van der Waals surface area contributed by atoms with E-state index in [-0.39, 0.29) is 12.7 Å². The number of hydrogen-bond acceptors (Lipinski definition) is 5. The molecule has 1 heterocycles. The molecule has 6 heteroatoms. The zero-order valence-electron chi connectivity index (χ0n) is 17.0. The van der Waals surface area contributed by atoms with Gasteiger partial charge >= 0.3 is 0 Å². The quantitative estimate of drug-likeness (QED) is 0.422. The van der Waals surface area contributed by atoms with Crippen molar-refractivity contribution < 1.29 is 14.3 Å². The van der Waals surface area contributed by atoms with Crippen LogP contribution in [0.3, 0.4) is 0 Å². The summed E-state index contributed by atoms with van der Waals surface area (Å²) in [5.41, 5.74) is 5.34. The molecule has 0 aliphatic carbocycles. The first-order valence-electron chi connectivity index (χ1n) is 9.22. The Morgan fingerprint density at radius 2 is 1.86 bits per heavy atom. The van der Waals surface area contributed by atoms with Gasteiger partial charge in [-0.05, 0) is 61.7 Å². The van der Waals surface area contributed by atoms with E-state index < -0.39 is 0 Å². The van der Waals surface area contributed by atoms with E-state index >= 15 is 0 Å². The Kier molecular flexibility index (Phi) is 6.80. The number of nitrogens with zero attached hydrogens (tertiary/aromatic N) is 1. The number of aryl methyl sites for hydroxylation is 3. The van der Waals surface area contributed by atoms with Crippen molar-refractivity contribution in [2.45, 2.75) is 20.8 Å². The summed E-state index contributed by atoms with van der Waals surface area (Å²) in [6.07, 6.45) is 3.25. The maximum absolute atomic E-state index is 12.3. The molecule has 0 unspecified atom stereocenters. The first-order chi connectivity index (χ1) is 14.0. The monoisotopic (exact) mass is 408 g/mol. The minimum absolute atomic E-state index is 0.203. The lowest BCUT2D eigenvalue weighted by atomic mass is 10.0. The van der Waals surface area contributed by atoms with Gasteiger partial charge in [-0.2, -0.15) is 0 Å². The summed E-state index contributed by atoms with van der Waals surface area (Å²) in [4.78, 5) is 18.0. The molecule has 0 atom stereocenters. The van der Waals surface area contributed by atoms with Crippen LogP contribution in [0.1, 0.15) is 21.6 Å². The molecule has 0 spiro atoms. The Labute approximate surface area is 175 Å². The summed E-state index contributed by atoms with van der Waals surface area (Å²) in [5.74, 6) is 0.496. The van der Waals surface area contributed by atoms with Crippen LogP contribution in [0.25, 0.3) is 17.3 Å². The second kappa shape index (κ2) is 9.49. The molecule has 0 saturated carbocycles. The van der Waals surface area contributed by atoms with Gasteiger partial charge in [0, 0.05) is 23.6 Å². The summed E-state index contributed by atoms with van der Waals surface area (Å²) in [6, 6.07) is 13.7. The number of aromatic nitrogens is 1. The number of hydrogen-bond donors (Lipinski definition) is 1. The smallest absolute Gasteiger partial charge is 0.250 e. The zero-order chi connectivity index (χ0) is 20.8. The van der Waals surface area contributed by atoms with Gasteiger partial charge in [-0.15, -0.1) is 11.3 Å². The Morgan fingerprint density at radius 3 is 2.55 bits per heavy atom. The van der Waals surface area contributed by atoms with E-state index in [1.54, 1.807) is 13.2 Å². The van der Waals surface area contributed by atoms with Crippen LogP contribution < -0.4 is 10.1 Å². The van der Waals surface area contributed by atoms with Crippen molar-refractivity contribution in [2.24, 2.45) is 0 Å². The van der Waals surface area contributed by atoms with Gasteiger partial charge < -0.3 is 9.47 Å². The average Bonchev–Trinajstić information content (AvgIpc) is 3.07. The number of thiazole rings is 1. The molecule has 1 amide bonds. The van der Waals surface area contributed by atoms with Crippen molar-refractivity contribution in [1.29, 1.82) is 0 Å². The van der Waals surface area contributed by atoms with Crippen molar-refractivity contribution in [2.75, 3.05) is 19.2 Å². The Hall–Kier alpha value is -2.96. The summed E-state index contributed by atoms with van der Waals surface area (Å²) < 4.78 is 10.2. The third-order valence-electron chi connectivity index (χ3n) is 4.46. The number of amides is 1. The number of methoxy groups -OCH3 is 1. The highest BCUT2D eigenvalue weighted by molar-refractivity contribution is 7.16. The SMILES string of the molecule is COCOc1ccc(/C=C/C(=O)Nc2nc(-c3ccc(C)c(C)c3)c(C)s2)cc1. The van der Waals surface area contributed by atoms with Gasteiger partial charge in [0.15, 0.2) is 11.9 Å². The fourth-order valence-electron chi connectivity index (χ4n) is 2.73. The first kappa shape index (κ1) is 20.8. The van der Waals surface area contributed by atoms with Crippen LogP contribution in [0, 0.1) is 20.8 Å². The predicted octanol–water partition coefficient (Wildman–Crippen LogP) is 5.37. The third-order valence-corrected chi connectivity index (χ3v) is 5.34. The number of benzene rings is 2. The molecule has 0 aliphatic heterocycles. The van der Waals surface area contributed by atoms with Crippen LogP contribution in [-0.4, -0.2) is 24.8 Å². The lowest BCUT2D eigenvalue weighted by Crippen LogP contribution is -2.07. The van der Waals surface area contributed by atoms with Gasteiger partial charge in [0.25, 0.3) is 0 Å². The average molecular weight is 409 g/mol. The second-order valence-electron chi connectivity index (χ2n) is 6.67. The molecule has 3 aromatic rings. The minimum atomic E-state index is -0.218. The number of nitrogens with one attached hydrogen (secondary N) is 1. The molecule has 0 fully saturated rings. The summed E-state index contributed by atoms with van der Waals surface area (Å²) in [5, 5.41) is 3.44. The highest BCUT2D eigenvalue weighted by Crippen LogP contribution is 2.31. The largest absolute Gasteiger partial charge is 0.468 e. The normalized spacial score (nSPS) is 11.0. The molecular formula is C23H24N2O3S. The lowest BCUT2D eigenvalue weighted by molar-refractivity contribution is -0.111. The maximum atomic E-state index is 12.3. The summed E-state index contributed by atoms with van der Waals surface area (Å²) in [6.45, 7) is 6.39. The number of ether oxygens (including phenoxy) is 2. The predicted molar refractivity (Wildman–Crippen MR) is 118 cm³/mol. The molecule has 29 heavy (non-hydrogen) atoms. The number of rotatable bonds is 7. The fraction of sp³-hybridized carbons (Fsp3) is 0.217. The highest BCUT2D eigenvalue weighted by Gasteiger charge is 2.11. The van der Waals surface area contributed by atoms with Crippen molar-refractivity contribution >= 4 is 28.5 Å². The highest BCUT2D eigenvalue weighted by atomic mass is 32.1. The Balaban J connectivity index is 1.65. The molecule has 0 aliphatic rings. The van der Waals surface area contributed by atoms with Gasteiger partial charge in [-0.1, -0.05) is 24.3 Å². The van der Waals surface area contributed by atoms with Crippen LogP contribution in [0.5, 0.6) is 5.75 Å². The first-order valence-corrected chi connectivity index (χ1v) is 10.0. The summed E-state index contributed by atoms with van der Waals surface area (Å²) >= 11 is 1.47. The van der Waals surface area contributed by atoms with Crippen LogP contribution in [0.2, 0.25) is 0 Å². The van der Waals surface area contributed by atoms with Crippen LogP contribution in [-0.2, 0) is 9.53 Å². The lowest BCUT2D eigenvalue weighted by Gasteiger charge is -2.04. The molecule has 150 valence electrons.